The highest BCUT2D eigenvalue weighted by molar-refractivity contribution is 5.89. The predicted molar refractivity (Wildman–Crippen MR) is 179 cm³/mol. The van der Waals surface area contributed by atoms with E-state index in [1.165, 1.54) is 5.56 Å². The number of likely N-dealkylation sites (N-methyl/N-ethyl adjacent to an activating group) is 1. The Hall–Kier alpha value is -4.70. The van der Waals surface area contributed by atoms with Gasteiger partial charge in [-0.3, -0.25) is 9.72 Å². The number of carbonyl (C=O) groups excluding carboxylic acids is 1. The first-order valence-electron chi connectivity index (χ1n) is 16.2. The van der Waals surface area contributed by atoms with Gasteiger partial charge in [0.25, 0.3) is 0 Å². The molecule has 1 saturated heterocycles. The zero-order chi connectivity index (χ0) is 32.0. The van der Waals surface area contributed by atoms with Gasteiger partial charge in [0.05, 0.1) is 23.6 Å². The molecule has 2 aromatic carbocycles. The van der Waals surface area contributed by atoms with Gasteiger partial charge in [-0.15, -0.1) is 10.2 Å². The predicted octanol–water partition coefficient (Wildman–Crippen LogP) is 6.72. The number of hydrogen-bond acceptors (Lipinski definition) is 6. The molecular weight excluding hydrogens is 576 g/mol. The molecule has 3 atom stereocenters. The van der Waals surface area contributed by atoms with Crippen molar-refractivity contribution in [1.82, 2.24) is 34.6 Å². The summed E-state index contributed by atoms with van der Waals surface area (Å²) in [6, 6.07) is 21.9. The molecule has 0 bridgehead atoms. The summed E-state index contributed by atoms with van der Waals surface area (Å²) in [5, 5.41) is 20.1. The first-order chi connectivity index (χ1) is 22.1. The molecule has 1 aliphatic carbocycles. The summed E-state index contributed by atoms with van der Waals surface area (Å²) in [4.78, 5) is 15.8. The second-order valence-electron chi connectivity index (χ2n) is 13.8. The number of amides is 2. The maximum atomic E-state index is 13.5. The van der Waals surface area contributed by atoms with Crippen molar-refractivity contribution in [3.8, 4) is 11.4 Å². The Bertz CT molecular complexity index is 1870. The van der Waals surface area contributed by atoms with Crippen LogP contribution in [0.2, 0.25) is 0 Å². The van der Waals surface area contributed by atoms with E-state index in [0.29, 0.717) is 11.7 Å². The summed E-state index contributed by atoms with van der Waals surface area (Å²) in [6.07, 6.45) is 4.47. The van der Waals surface area contributed by atoms with E-state index in [1.54, 1.807) is 4.68 Å². The fourth-order valence-corrected chi connectivity index (χ4v) is 6.60. The first-order valence-corrected chi connectivity index (χ1v) is 16.2. The number of aryl methyl sites for hydroxylation is 1. The number of carbonyl (C=O) groups is 1. The summed E-state index contributed by atoms with van der Waals surface area (Å²) in [5.74, 6) is 2.76. The third-order valence-electron chi connectivity index (χ3n) is 9.18. The van der Waals surface area contributed by atoms with E-state index in [9.17, 15) is 4.79 Å². The zero-order valence-corrected chi connectivity index (χ0v) is 27.2. The number of pyridine rings is 1. The number of hydrogen-bond donors (Lipinski definition) is 2. The van der Waals surface area contributed by atoms with Crippen molar-refractivity contribution in [1.29, 1.82) is 0 Å². The van der Waals surface area contributed by atoms with Crippen molar-refractivity contribution in [3.63, 3.8) is 0 Å². The van der Waals surface area contributed by atoms with Gasteiger partial charge in [-0.05, 0) is 75.2 Å². The standard InChI is InChI=1S/C36H42N8O2/c1-23-10-12-25(13-11-23)44-33(20-31(41-44)36(2,3)4)38-35(45)37-29-15-16-30(28-9-7-6-8-27(28)29)46-26-14-17-32-39-40-34(43(32)22-26)24-18-19-42(5)21-24/h6-14,17,20,22,24,29-30H,15-16,18-19,21H2,1-5H3,(H2,37,38,45)/t24?,29-,30+/m0/s1. The second-order valence-corrected chi connectivity index (χ2v) is 13.8. The molecule has 0 saturated carbocycles. The van der Waals surface area contributed by atoms with Crippen molar-refractivity contribution < 1.29 is 9.53 Å². The lowest BCUT2D eigenvalue weighted by Gasteiger charge is -2.32. The zero-order valence-electron chi connectivity index (χ0n) is 27.2. The molecule has 2 aliphatic rings. The summed E-state index contributed by atoms with van der Waals surface area (Å²) in [7, 11) is 2.15. The molecule has 10 nitrogen and oxygen atoms in total. The third-order valence-corrected chi connectivity index (χ3v) is 9.18. The highest BCUT2D eigenvalue weighted by atomic mass is 16.5. The number of likely N-dealkylation sites (tertiary alicyclic amines) is 1. The van der Waals surface area contributed by atoms with Gasteiger partial charge in [0.15, 0.2) is 5.65 Å². The molecular formula is C36H42N8O2. The topological polar surface area (TPSA) is 102 Å². The molecule has 1 unspecified atom stereocenters. The molecule has 4 heterocycles. The van der Waals surface area contributed by atoms with Gasteiger partial charge in [-0.25, -0.2) is 9.48 Å². The third kappa shape index (κ3) is 5.97. The number of benzene rings is 2. The lowest BCUT2D eigenvalue weighted by Crippen LogP contribution is -2.36. The van der Waals surface area contributed by atoms with Gasteiger partial charge in [-0.2, -0.15) is 5.10 Å². The van der Waals surface area contributed by atoms with E-state index in [-0.39, 0.29) is 23.6 Å². The summed E-state index contributed by atoms with van der Waals surface area (Å²) >= 11 is 0. The van der Waals surface area contributed by atoms with Crippen LogP contribution < -0.4 is 15.4 Å². The number of urea groups is 1. The van der Waals surface area contributed by atoms with Crippen LogP contribution in [0.4, 0.5) is 10.6 Å². The summed E-state index contributed by atoms with van der Waals surface area (Å²) in [5.41, 5.74) is 5.77. The van der Waals surface area contributed by atoms with Crippen LogP contribution in [0.3, 0.4) is 0 Å². The van der Waals surface area contributed by atoms with E-state index in [2.05, 4.69) is 77.0 Å². The highest BCUT2D eigenvalue weighted by Crippen LogP contribution is 2.39. The number of rotatable bonds is 6. The molecule has 0 radical (unpaired) electrons. The number of ether oxygens (including phenoxy) is 1. The fourth-order valence-electron chi connectivity index (χ4n) is 6.60. The van der Waals surface area contributed by atoms with Crippen LogP contribution in [-0.2, 0) is 5.41 Å². The Morgan fingerprint density at radius 1 is 0.957 bits per heavy atom. The van der Waals surface area contributed by atoms with E-state index >= 15 is 0 Å². The minimum absolute atomic E-state index is 0.135. The van der Waals surface area contributed by atoms with Crippen LogP contribution in [0.25, 0.3) is 11.3 Å². The molecule has 46 heavy (non-hydrogen) atoms. The second kappa shape index (κ2) is 11.9. The lowest BCUT2D eigenvalue weighted by atomic mass is 9.85. The fraction of sp³-hybridized carbons (Fsp3) is 0.389. The smallest absolute Gasteiger partial charge is 0.320 e. The minimum atomic E-state index is -0.268. The minimum Gasteiger partial charge on any atom is -0.484 e. The molecule has 0 spiro atoms. The normalized spacial score (nSPS) is 20.1. The Labute approximate surface area is 269 Å². The largest absolute Gasteiger partial charge is 0.484 e. The van der Waals surface area contributed by atoms with Crippen LogP contribution in [0.1, 0.15) is 86.3 Å². The van der Waals surface area contributed by atoms with Crippen molar-refractivity contribution in [2.75, 3.05) is 25.5 Å². The Kier molecular flexibility index (Phi) is 7.76. The average molecular weight is 619 g/mol. The van der Waals surface area contributed by atoms with Crippen molar-refractivity contribution >= 4 is 17.5 Å². The van der Waals surface area contributed by atoms with Crippen molar-refractivity contribution in [2.24, 2.45) is 0 Å². The van der Waals surface area contributed by atoms with Crippen LogP contribution >= 0.6 is 0 Å². The Balaban J connectivity index is 1.09. The van der Waals surface area contributed by atoms with Gasteiger partial charge >= 0.3 is 6.03 Å². The SMILES string of the molecule is Cc1ccc(-n2nc(C(C)(C)C)cc2NC(=O)N[C@H]2CC[C@@H](Oc3ccc4nnc(C5CCN(C)C5)n4c3)c3ccccc32)cc1. The summed E-state index contributed by atoms with van der Waals surface area (Å²) < 4.78 is 10.5. The molecule has 1 aliphatic heterocycles. The van der Waals surface area contributed by atoms with Crippen molar-refractivity contribution in [2.45, 2.75) is 70.4 Å². The number of nitrogens with zero attached hydrogens (tertiary/aromatic N) is 6. The molecule has 10 heteroatoms. The van der Waals surface area contributed by atoms with E-state index in [4.69, 9.17) is 9.84 Å². The van der Waals surface area contributed by atoms with Gasteiger partial charge < -0.3 is 15.0 Å². The Morgan fingerprint density at radius 3 is 2.48 bits per heavy atom. The molecule has 2 N–H and O–H groups in total. The maximum absolute atomic E-state index is 13.5. The first kappa shape index (κ1) is 30.0. The van der Waals surface area contributed by atoms with Gasteiger partial charge in [0.1, 0.15) is 23.5 Å². The van der Waals surface area contributed by atoms with Gasteiger partial charge in [-0.1, -0.05) is 62.7 Å². The monoisotopic (exact) mass is 618 g/mol. The van der Waals surface area contributed by atoms with Gasteiger partial charge in [0.2, 0.25) is 0 Å². The van der Waals surface area contributed by atoms with Crippen LogP contribution in [0, 0.1) is 6.92 Å². The van der Waals surface area contributed by atoms with Crippen molar-refractivity contribution in [3.05, 3.63) is 101 Å². The molecule has 7 rings (SSSR count). The lowest BCUT2D eigenvalue weighted by molar-refractivity contribution is 0.171. The Morgan fingerprint density at radius 2 is 1.74 bits per heavy atom. The molecule has 238 valence electrons. The molecule has 5 aromatic rings. The van der Waals surface area contributed by atoms with Gasteiger partial charge in [0, 0.05) is 23.9 Å². The number of fused-ring (bicyclic) bond motifs is 2. The average Bonchev–Trinajstić information content (AvgIpc) is 3.77. The number of anilines is 1. The maximum Gasteiger partial charge on any atom is 0.320 e. The number of aromatic nitrogens is 5. The van der Waals surface area contributed by atoms with Crippen LogP contribution in [0.5, 0.6) is 5.75 Å². The molecule has 3 aromatic heterocycles. The molecule has 1 fully saturated rings. The van der Waals surface area contributed by atoms with E-state index < -0.39 is 0 Å². The van der Waals surface area contributed by atoms with E-state index in [0.717, 1.165) is 72.1 Å². The number of nitrogens with one attached hydrogen (secondary N) is 2. The van der Waals surface area contributed by atoms with Crippen LogP contribution in [0.15, 0.2) is 72.9 Å². The molecule has 2 amide bonds. The highest BCUT2D eigenvalue weighted by Gasteiger charge is 2.31. The van der Waals surface area contributed by atoms with E-state index in [1.807, 2.05) is 60.8 Å². The quantitative estimate of drug-likeness (QED) is 0.219. The summed E-state index contributed by atoms with van der Waals surface area (Å²) in [6.45, 7) is 10.5. The van der Waals surface area contributed by atoms with Crippen LogP contribution in [-0.4, -0.2) is 55.4 Å².